The molecular formula is C11H12Cl2N2O2. The maximum absolute atomic E-state index is 11.7. The highest BCUT2D eigenvalue weighted by Gasteiger charge is 2.15. The zero-order valence-electron chi connectivity index (χ0n) is 9.17. The molecule has 0 aliphatic heterocycles. The maximum Gasteiger partial charge on any atom is 0.227 e. The Labute approximate surface area is 109 Å². The number of hydrogen-bond donors (Lipinski definition) is 2. The molecule has 1 rings (SSSR count). The van der Waals surface area contributed by atoms with Gasteiger partial charge in [-0.25, -0.2) is 0 Å². The van der Waals surface area contributed by atoms with E-state index in [1.165, 1.54) is 0 Å². The summed E-state index contributed by atoms with van der Waals surface area (Å²) in [5.41, 5.74) is 5.50. The van der Waals surface area contributed by atoms with Gasteiger partial charge in [0.15, 0.2) is 0 Å². The van der Waals surface area contributed by atoms with E-state index >= 15 is 0 Å². The van der Waals surface area contributed by atoms with Gasteiger partial charge in [-0.05, 0) is 18.2 Å². The molecule has 1 aromatic carbocycles. The molecule has 0 spiro atoms. The van der Waals surface area contributed by atoms with E-state index in [0.29, 0.717) is 15.7 Å². The third-order valence-electron chi connectivity index (χ3n) is 2.09. The fraction of sp³-hybridized carbons (Fsp3) is 0.273. The average molecular weight is 275 g/mol. The molecule has 0 saturated heterocycles. The Morgan fingerprint density at radius 1 is 1.29 bits per heavy atom. The molecule has 0 radical (unpaired) electrons. The van der Waals surface area contributed by atoms with Crippen molar-refractivity contribution >= 4 is 40.7 Å². The van der Waals surface area contributed by atoms with Crippen LogP contribution < -0.4 is 11.1 Å². The molecule has 1 atom stereocenters. The number of primary amides is 1. The Balaban J connectivity index is 2.70. The SMILES string of the molecule is CC(CC(N)=O)C(=O)Nc1cc(Cl)cc(Cl)c1. The lowest BCUT2D eigenvalue weighted by molar-refractivity contribution is -0.125. The molecule has 3 N–H and O–H groups in total. The van der Waals surface area contributed by atoms with Gasteiger partial charge in [0.2, 0.25) is 11.8 Å². The third-order valence-corrected chi connectivity index (χ3v) is 2.52. The quantitative estimate of drug-likeness (QED) is 0.885. The lowest BCUT2D eigenvalue weighted by atomic mass is 10.1. The fourth-order valence-corrected chi connectivity index (χ4v) is 1.81. The second-order valence-electron chi connectivity index (χ2n) is 3.72. The number of hydrogen-bond acceptors (Lipinski definition) is 2. The molecule has 0 aliphatic rings. The summed E-state index contributed by atoms with van der Waals surface area (Å²) in [4.78, 5) is 22.3. The minimum Gasteiger partial charge on any atom is -0.370 e. The molecule has 0 saturated carbocycles. The van der Waals surface area contributed by atoms with Crippen LogP contribution in [0.3, 0.4) is 0 Å². The van der Waals surface area contributed by atoms with Crippen molar-refractivity contribution < 1.29 is 9.59 Å². The van der Waals surface area contributed by atoms with Crippen molar-refractivity contribution in [3.63, 3.8) is 0 Å². The lowest BCUT2D eigenvalue weighted by Gasteiger charge is -2.11. The van der Waals surface area contributed by atoms with E-state index in [1.54, 1.807) is 25.1 Å². The molecule has 6 heteroatoms. The van der Waals surface area contributed by atoms with Gasteiger partial charge < -0.3 is 11.1 Å². The lowest BCUT2D eigenvalue weighted by Crippen LogP contribution is -2.25. The minimum atomic E-state index is -0.517. The van der Waals surface area contributed by atoms with E-state index in [1.807, 2.05) is 0 Å². The Morgan fingerprint density at radius 3 is 2.29 bits per heavy atom. The molecular weight excluding hydrogens is 263 g/mol. The van der Waals surface area contributed by atoms with Gasteiger partial charge in [0, 0.05) is 28.1 Å². The van der Waals surface area contributed by atoms with Gasteiger partial charge in [-0.15, -0.1) is 0 Å². The fourth-order valence-electron chi connectivity index (χ4n) is 1.29. The van der Waals surface area contributed by atoms with Crippen LogP contribution in [-0.4, -0.2) is 11.8 Å². The largest absolute Gasteiger partial charge is 0.370 e. The first kappa shape index (κ1) is 13.8. The summed E-state index contributed by atoms with van der Waals surface area (Å²) in [5.74, 6) is -1.32. The van der Waals surface area contributed by atoms with Gasteiger partial charge >= 0.3 is 0 Å². The first-order valence-electron chi connectivity index (χ1n) is 4.93. The highest BCUT2D eigenvalue weighted by Crippen LogP contribution is 2.22. The van der Waals surface area contributed by atoms with Crippen LogP contribution in [0.15, 0.2) is 18.2 Å². The van der Waals surface area contributed by atoms with Crippen molar-refractivity contribution in [2.24, 2.45) is 11.7 Å². The van der Waals surface area contributed by atoms with Crippen LogP contribution in [0.5, 0.6) is 0 Å². The standard InChI is InChI=1S/C11H12Cl2N2O2/c1-6(2-10(14)16)11(17)15-9-4-7(12)3-8(13)5-9/h3-6H,2H2,1H3,(H2,14,16)(H,15,17). The van der Waals surface area contributed by atoms with E-state index in [-0.39, 0.29) is 12.3 Å². The van der Waals surface area contributed by atoms with Crippen molar-refractivity contribution in [1.29, 1.82) is 0 Å². The van der Waals surface area contributed by atoms with Crippen LogP contribution in [0.25, 0.3) is 0 Å². The Morgan fingerprint density at radius 2 is 1.82 bits per heavy atom. The normalized spacial score (nSPS) is 11.9. The summed E-state index contributed by atoms with van der Waals surface area (Å²) in [6.45, 7) is 1.62. The number of carbonyl (C=O) groups is 2. The molecule has 0 bridgehead atoms. The van der Waals surface area contributed by atoms with Crippen molar-refractivity contribution in [3.05, 3.63) is 28.2 Å². The van der Waals surface area contributed by atoms with Crippen LogP contribution in [0, 0.1) is 5.92 Å². The van der Waals surface area contributed by atoms with Gasteiger partial charge in [-0.3, -0.25) is 9.59 Å². The van der Waals surface area contributed by atoms with Crippen LogP contribution >= 0.6 is 23.2 Å². The molecule has 92 valence electrons. The van der Waals surface area contributed by atoms with Gasteiger partial charge in [-0.2, -0.15) is 0 Å². The number of rotatable bonds is 4. The Bertz CT molecular complexity index is 429. The van der Waals surface area contributed by atoms with Crippen LogP contribution in [0.1, 0.15) is 13.3 Å². The topological polar surface area (TPSA) is 72.2 Å². The molecule has 17 heavy (non-hydrogen) atoms. The molecule has 0 heterocycles. The molecule has 4 nitrogen and oxygen atoms in total. The number of nitrogens with two attached hydrogens (primary N) is 1. The predicted molar refractivity (Wildman–Crippen MR) is 68.1 cm³/mol. The smallest absolute Gasteiger partial charge is 0.227 e. The summed E-state index contributed by atoms with van der Waals surface area (Å²) in [5, 5.41) is 3.47. The van der Waals surface area contributed by atoms with Crippen molar-refractivity contribution in [1.82, 2.24) is 0 Å². The predicted octanol–water partition coefficient (Wildman–Crippen LogP) is 2.44. The zero-order valence-corrected chi connectivity index (χ0v) is 10.7. The average Bonchev–Trinajstić information content (AvgIpc) is 2.14. The number of anilines is 1. The number of nitrogens with one attached hydrogen (secondary N) is 1. The number of benzene rings is 1. The van der Waals surface area contributed by atoms with Gasteiger partial charge in [0.25, 0.3) is 0 Å². The first-order chi connectivity index (χ1) is 7.88. The maximum atomic E-state index is 11.7. The van der Waals surface area contributed by atoms with Gasteiger partial charge in [-0.1, -0.05) is 30.1 Å². The highest BCUT2D eigenvalue weighted by atomic mass is 35.5. The molecule has 0 aromatic heterocycles. The molecule has 1 unspecified atom stereocenters. The summed E-state index contributed by atoms with van der Waals surface area (Å²) in [6.07, 6.45) is 0.000130. The molecule has 0 aliphatic carbocycles. The van der Waals surface area contributed by atoms with E-state index in [0.717, 1.165) is 0 Å². The van der Waals surface area contributed by atoms with Crippen LogP contribution in [-0.2, 0) is 9.59 Å². The number of halogens is 2. The van der Waals surface area contributed by atoms with E-state index in [2.05, 4.69) is 5.32 Å². The molecule has 0 fully saturated rings. The second-order valence-corrected chi connectivity index (χ2v) is 4.59. The highest BCUT2D eigenvalue weighted by molar-refractivity contribution is 6.35. The van der Waals surface area contributed by atoms with Gasteiger partial charge in [0.1, 0.15) is 0 Å². The summed E-state index contributed by atoms with van der Waals surface area (Å²) < 4.78 is 0. The minimum absolute atomic E-state index is 0.000130. The van der Waals surface area contributed by atoms with Crippen LogP contribution in [0.4, 0.5) is 5.69 Å². The second kappa shape index (κ2) is 5.89. The molecule has 1 aromatic rings. The Kier molecular flexibility index (Phi) is 4.78. The Hall–Kier alpha value is -1.26. The summed E-state index contributed by atoms with van der Waals surface area (Å²) in [7, 11) is 0. The zero-order chi connectivity index (χ0) is 13.0. The monoisotopic (exact) mass is 274 g/mol. The number of amides is 2. The molecule has 2 amide bonds. The first-order valence-corrected chi connectivity index (χ1v) is 5.69. The van der Waals surface area contributed by atoms with Crippen molar-refractivity contribution in [2.75, 3.05) is 5.32 Å². The van der Waals surface area contributed by atoms with E-state index in [9.17, 15) is 9.59 Å². The third kappa shape index (κ3) is 4.63. The van der Waals surface area contributed by atoms with Crippen molar-refractivity contribution in [2.45, 2.75) is 13.3 Å². The van der Waals surface area contributed by atoms with Crippen LogP contribution in [0.2, 0.25) is 10.0 Å². The summed E-state index contributed by atoms with van der Waals surface area (Å²) in [6, 6.07) is 4.70. The van der Waals surface area contributed by atoms with E-state index in [4.69, 9.17) is 28.9 Å². The van der Waals surface area contributed by atoms with Crippen molar-refractivity contribution in [3.8, 4) is 0 Å². The number of carbonyl (C=O) groups excluding carboxylic acids is 2. The summed E-state index contributed by atoms with van der Waals surface area (Å²) >= 11 is 11.6. The van der Waals surface area contributed by atoms with Gasteiger partial charge in [0.05, 0.1) is 0 Å². The van der Waals surface area contributed by atoms with E-state index < -0.39 is 11.8 Å².